The lowest BCUT2D eigenvalue weighted by molar-refractivity contribution is -0.116. The molecule has 1 atom stereocenters. The number of amides is 1. The van der Waals surface area contributed by atoms with Crippen LogP contribution in [-0.4, -0.2) is 18.5 Å². The molecule has 0 aromatic heterocycles. The summed E-state index contributed by atoms with van der Waals surface area (Å²) >= 11 is 0. The quantitative estimate of drug-likeness (QED) is 0.875. The Morgan fingerprint density at radius 2 is 2.16 bits per heavy atom. The summed E-state index contributed by atoms with van der Waals surface area (Å²) in [7, 11) is 0. The van der Waals surface area contributed by atoms with E-state index in [0.29, 0.717) is 12.5 Å². The van der Waals surface area contributed by atoms with E-state index in [2.05, 4.69) is 28.8 Å². The molecule has 3 heteroatoms. The molecule has 1 saturated heterocycles. The number of aryl methyl sites for hydroxylation is 2. The van der Waals surface area contributed by atoms with Crippen molar-refractivity contribution in [3.63, 3.8) is 0 Å². The average Bonchev–Trinajstić information content (AvgIpc) is 2.46. The van der Waals surface area contributed by atoms with Crippen molar-refractivity contribution in [1.82, 2.24) is 5.32 Å². The summed E-state index contributed by atoms with van der Waals surface area (Å²) in [5.41, 5.74) is 3.71. The van der Waals surface area contributed by atoms with E-state index in [4.69, 9.17) is 0 Å². The predicted molar refractivity (Wildman–Crippen MR) is 77.4 cm³/mol. The summed E-state index contributed by atoms with van der Waals surface area (Å²) in [4.78, 5) is 11.3. The first-order valence-electron chi connectivity index (χ1n) is 7.46. The van der Waals surface area contributed by atoms with Gasteiger partial charge in [0.2, 0.25) is 5.91 Å². The van der Waals surface area contributed by atoms with Crippen LogP contribution in [0.5, 0.6) is 0 Å². The third kappa shape index (κ3) is 3.16. The van der Waals surface area contributed by atoms with Crippen molar-refractivity contribution in [2.45, 2.75) is 51.0 Å². The Bertz CT molecular complexity index is 464. The Kier molecular flexibility index (Phi) is 3.83. The zero-order chi connectivity index (χ0) is 13.1. The molecule has 0 bridgehead atoms. The van der Waals surface area contributed by atoms with Gasteiger partial charge in [0, 0.05) is 18.2 Å². The molecule has 0 spiro atoms. The van der Waals surface area contributed by atoms with Gasteiger partial charge in [0.25, 0.3) is 0 Å². The van der Waals surface area contributed by atoms with Gasteiger partial charge in [-0.25, -0.2) is 0 Å². The normalized spacial score (nSPS) is 22.7. The summed E-state index contributed by atoms with van der Waals surface area (Å²) in [6.45, 7) is 1.18. The highest BCUT2D eigenvalue weighted by atomic mass is 16.1. The first kappa shape index (κ1) is 12.7. The molecule has 3 nitrogen and oxygen atoms in total. The van der Waals surface area contributed by atoms with Crippen molar-refractivity contribution in [3.05, 3.63) is 29.3 Å². The molecular weight excluding hydrogens is 236 g/mol. The summed E-state index contributed by atoms with van der Waals surface area (Å²) in [6.07, 6.45) is 7.89. The summed E-state index contributed by atoms with van der Waals surface area (Å²) in [5, 5.41) is 6.54. The molecule has 2 aliphatic heterocycles. The van der Waals surface area contributed by atoms with Gasteiger partial charge in [-0.2, -0.15) is 0 Å². The van der Waals surface area contributed by atoms with Crippen LogP contribution >= 0.6 is 0 Å². The van der Waals surface area contributed by atoms with Gasteiger partial charge in [0.1, 0.15) is 0 Å². The van der Waals surface area contributed by atoms with Gasteiger partial charge in [0.05, 0.1) is 0 Å². The first-order valence-corrected chi connectivity index (χ1v) is 7.46. The third-order valence-electron chi connectivity index (χ3n) is 4.26. The number of benzene rings is 1. The molecule has 0 saturated carbocycles. The van der Waals surface area contributed by atoms with Crippen molar-refractivity contribution in [2.24, 2.45) is 0 Å². The van der Waals surface area contributed by atoms with Crippen LogP contribution in [-0.2, 0) is 17.6 Å². The second-order valence-electron chi connectivity index (χ2n) is 5.73. The van der Waals surface area contributed by atoms with Crippen molar-refractivity contribution < 1.29 is 4.79 Å². The minimum atomic E-state index is 0.145. The minimum absolute atomic E-state index is 0.145. The standard InChI is InChI=1S/C16H22N2O/c19-16-9-6-13-11-12(5-8-15(13)18-16)4-7-14-3-1-2-10-17-14/h5,8,11,14,17H,1-4,6-7,9-10H2,(H,18,19). The van der Waals surface area contributed by atoms with Crippen LogP contribution in [0.1, 0.15) is 43.2 Å². The van der Waals surface area contributed by atoms with Crippen LogP contribution < -0.4 is 10.6 Å². The van der Waals surface area contributed by atoms with Gasteiger partial charge >= 0.3 is 0 Å². The van der Waals surface area contributed by atoms with E-state index in [-0.39, 0.29) is 5.91 Å². The van der Waals surface area contributed by atoms with E-state index in [9.17, 15) is 4.79 Å². The molecule has 1 aromatic carbocycles. The first-order chi connectivity index (χ1) is 9.31. The highest BCUT2D eigenvalue weighted by Gasteiger charge is 2.16. The van der Waals surface area contributed by atoms with Crippen molar-refractivity contribution in [3.8, 4) is 0 Å². The third-order valence-corrected chi connectivity index (χ3v) is 4.26. The largest absolute Gasteiger partial charge is 0.326 e. The highest BCUT2D eigenvalue weighted by molar-refractivity contribution is 5.93. The van der Waals surface area contributed by atoms with Gasteiger partial charge in [0.15, 0.2) is 0 Å². The molecule has 2 N–H and O–H groups in total. The molecule has 102 valence electrons. The lowest BCUT2D eigenvalue weighted by atomic mass is 9.95. The van der Waals surface area contributed by atoms with Crippen LogP contribution in [0.4, 0.5) is 5.69 Å². The van der Waals surface area contributed by atoms with E-state index in [1.165, 1.54) is 43.4 Å². The number of piperidine rings is 1. The van der Waals surface area contributed by atoms with E-state index < -0.39 is 0 Å². The maximum atomic E-state index is 11.3. The Labute approximate surface area is 114 Å². The Balaban J connectivity index is 1.60. The SMILES string of the molecule is O=C1CCc2cc(CCC3CCCCN3)ccc2N1. The second-order valence-corrected chi connectivity index (χ2v) is 5.73. The van der Waals surface area contributed by atoms with Gasteiger partial charge < -0.3 is 10.6 Å². The highest BCUT2D eigenvalue weighted by Crippen LogP contribution is 2.24. The van der Waals surface area contributed by atoms with Crippen molar-refractivity contribution >= 4 is 11.6 Å². The molecule has 3 rings (SSSR count). The molecule has 0 radical (unpaired) electrons. The fourth-order valence-corrected chi connectivity index (χ4v) is 3.10. The molecule has 19 heavy (non-hydrogen) atoms. The fraction of sp³-hybridized carbons (Fsp3) is 0.562. The number of hydrogen-bond donors (Lipinski definition) is 2. The summed E-state index contributed by atoms with van der Waals surface area (Å²) in [6, 6.07) is 7.20. The van der Waals surface area contributed by atoms with E-state index in [1.54, 1.807) is 0 Å². The zero-order valence-corrected chi connectivity index (χ0v) is 11.4. The number of nitrogens with one attached hydrogen (secondary N) is 2. The lowest BCUT2D eigenvalue weighted by Crippen LogP contribution is -2.34. The maximum absolute atomic E-state index is 11.3. The molecule has 1 aromatic rings. The number of hydrogen-bond acceptors (Lipinski definition) is 2. The average molecular weight is 258 g/mol. The lowest BCUT2D eigenvalue weighted by Gasteiger charge is -2.23. The van der Waals surface area contributed by atoms with E-state index in [0.717, 1.165) is 18.5 Å². The minimum Gasteiger partial charge on any atom is -0.326 e. The molecular formula is C16H22N2O. The molecule has 0 aliphatic carbocycles. The molecule has 1 fully saturated rings. The number of carbonyl (C=O) groups is 1. The summed E-state index contributed by atoms with van der Waals surface area (Å²) in [5.74, 6) is 0.145. The smallest absolute Gasteiger partial charge is 0.224 e. The number of fused-ring (bicyclic) bond motifs is 1. The second kappa shape index (κ2) is 5.74. The van der Waals surface area contributed by atoms with E-state index in [1.807, 2.05) is 0 Å². The molecule has 1 amide bonds. The fourth-order valence-electron chi connectivity index (χ4n) is 3.10. The molecule has 2 heterocycles. The Morgan fingerprint density at radius 1 is 1.21 bits per heavy atom. The molecule has 1 unspecified atom stereocenters. The van der Waals surface area contributed by atoms with Gasteiger partial charge in [-0.15, -0.1) is 0 Å². The topological polar surface area (TPSA) is 41.1 Å². The van der Waals surface area contributed by atoms with Gasteiger partial charge in [-0.1, -0.05) is 18.6 Å². The van der Waals surface area contributed by atoms with Crippen LogP contribution in [0.2, 0.25) is 0 Å². The van der Waals surface area contributed by atoms with Crippen LogP contribution in [0.25, 0.3) is 0 Å². The van der Waals surface area contributed by atoms with Gasteiger partial charge in [-0.05, 0) is 55.8 Å². The monoisotopic (exact) mass is 258 g/mol. The predicted octanol–water partition coefficient (Wildman–Crippen LogP) is 2.65. The van der Waals surface area contributed by atoms with Crippen LogP contribution in [0.3, 0.4) is 0 Å². The summed E-state index contributed by atoms with van der Waals surface area (Å²) < 4.78 is 0. The maximum Gasteiger partial charge on any atom is 0.224 e. The zero-order valence-electron chi connectivity index (χ0n) is 11.4. The number of anilines is 1. The van der Waals surface area contributed by atoms with Crippen molar-refractivity contribution in [1.29, 1.82) is 0 Å². The Morgan fingerprint density at radius 3 is 3.00 bits per heavy atom. The number of rotatable bonds is 3. The van der Waals surface area contributed by atoms with Crippen LogP contribution in [0, 0.1) is 0 Å². The van der Waals surface area contributed by atoms with E-state index >= 15 is 0 Å². The van der Waals surface area contributed by atoms with Crippen molar-refractivity contribution in [2.75, 3.05) is 11.9 Å². The number of carbonyl (C=O) groups excluding carboxylic acids is 1. The van der Waals surface area contributed by atoms with Gasteiger partial charge in [-0.3, -0.25) is 4.79 Å². The van der Waals surface area contributed by atoms with Crippen LogP contribution in [0.15, 0.2) is 18.2 Å². The molecule has 2 aliphatic rings. The Hall–Kier alpha value is -1.35.